The fourth-order valence-corrected chi connectivity index (χ4v) is 3.21. The van der Waals surface area contributed by atoms with Crippen molar-refractivity contribution in [3.63, 3.8) is 0 Å². The summed E-state index contributed by atoms with van der Waals surface area (Å²) in [6.07, 6.45) is 0.144. The van der Waals surface area contributed by atoms with Crippen molar-refractivity contribution >= 4 is 32.8 Å². The van der Waals surface area contributed by atoms with E-state index in [0.29, 0.717) is 24.7 Å². The second-order valence-electron chi connectivity index (χ2n) is 5.98. The molecule has 6 nitrogen and oxygen atoms in total. The number of hydrogen-bond acceptors (Lipinski definition) is 5. The van der Waals surface area contributed by atoms with E-state index in [2.05, 4.69) is 21.0 Å². The van der Waals surface area contributed by atoms with Crippen LogP contribution in [0.5, 0.6) is 11.5 Å². The molecule has 7 heteroatoms. The number of carbonyl (C=O) groups is 1. The zero-order chi connectivity index (χ0) is 19.4. The predicted octanol–water partition coefficient (Wildman–Crippen LogP) is 4.03. The van der Waals surface area contributed by atoms with Crippen molar-refractivity contribution in [2.75, 3.05) is 13.7 Å². The molecule has 0 spiro atoms. The van der Waals surface area contributed by atoms with Gasteiger partial charge in [-0.25, -0.2) is 0 Å². The number of hydrogen-bond donors (Lipinski definition) is 0. The van der Waals surface area contributed by atoms with E-state index in [9.17, 15) is 4.79 Å². The molecule has 0 bridgehead atoms. The van der Waals surface area contributed by atoms with Crippen LogP contribution in [0.25, 0.3) is 10.9 Å². The minimum Gasteiger partial charge on any atom is -0.497 e. The van der Waals surface area contributed by atoms with Crippen LogP contribution in [0, 0.1) is 0 Å². The van der Waals surface area contributed by atoms with E-state index in [1.165, 1.54) is 0 Å². The van der Waals surface area contributed by atoms with Crippen LogP contribution in [0.15, 0.2) is 40.9 Å². The Kier molecular flexibility index (Phi) is 6.01. The first-order chi connectivity index (χ1) is 13.0. The Morgan fingerprint density at radius 3 is 2.78 bits per heavy atom. The minimum atomic E-state index is -0.289. The molecule has 1 aromatic heterocycles. The lowest BCUT2D eigenvalue weighted by Gasteiger charge is -2.13. The number of fused-ring (bicyclic) bond motifs is 1. The third-order valence-electron chi connectivity index (χ3n) is 4.20. The summed E-state index contributed by atoms with van der Waals surface area (Å²) in [6.45, 7) is 2.45. The Hall–Kier alpha value is -2.54. The van der Waals surface area contributed by atoms with Gasteiger partial charge in [0.25, 0.3) is 0 Å². The third-order valence-corrected chi connectivity index (χ3v) is 4.69. The summed E-state index contributed by atoms with van der Waals surface area (Å²) < 4.78 is 19.2. The summed E-state index contributed by atoms with van der Waals surface area (Å²) in [5, 5.41) is 5.53. The van der Waals surface area contributed by atoms with Crippen LogP contribution in [0.3, 0.4) is 0 Å². The summed E-state index contributed by atoms with van der Waals surface area (Å²) in [5.41, 5.74) is 2.59. The molecule has 3 aromatic rings. The highest BCUT2D eigenvalue weighted by Gasteiger charge is 2.14. The van der Waals surface area contributed by atoms with E-state index >= 15 is 0 Å². The summed E-state index contributed by atoms with van der Waals surface area (Å²) in [5.74, 6) is 0.962. The lowest BCUT2D eigenvalue weighted by atomic mass is 10.1. The standard InChI is InChI=1S/C20H21BrN2O4/c1-4-26-20(24)9-13-5-7-15(25-3)11-19(13)27-12-18-16-10-14(21)6-8-17(16)22-23(18)2/h5-8,10-11H,4,9,12H2,1-3H3. The van der Waals surface area contributed by atoms with Crippen LogP contribution in [0.1, 0.15) is 18.2 Å². The van der Waals surface area contributed by atoms with Gasteiger partial charge in [0, 0.05) is 28.5 Å². The molecule has 0 N–H and O–H groups in total. The number of halogens is 1. The van der Waals surface area contributed by atoms with Crippen molar-refractivity contribution in [2.45, 2.75) is 20.0 Å². The van der Waals surface area contributed by atoms with E-state index in [0.717, 1.165) is 26.6 Å². The van der Waals surface area contributed by atoms with Gasteiger partial charge < -0.3 is 14.2 Å². The highest BCUT2D eigenvalue weighted by molar-refractivity contribution is 9.10. The molecule has 0 fully saturated rings. The first kappa shape index (κ1) is 19.2. The molecule has 1 heterocycles. The zero-order valence-electron chi connectivity index (χ0n) is 15.5. The molecule has 2 aromatic carbocycles. The topological polar surface area (TPSA) is 62.6 Å². The van der Waals surface area contributed by atoms with Crippen molar-refractivity contribution in [1.82, 2.24) is 9.78 Å². The number of ether oxygens (including phenoxy) is 3. The Morgan fingerprint density at radius 1 is 1.22 bits per heavy atom. The lowest BCUT2D eigenvalue weighted by Crippen LogP contribution is -2.10. The van der Waals surface area contributed by atoms with Crippen molar-refractivity contribution in [3.05, 3.63) is 52.1 Å². The van der Waals surface area contributed by atoms with Gasteiger partial charge in [0.2, 0.25) is 0 Å². The molecular formula is C20H21BrN2O4. The van der Waals surface area contributed by atoms with Crippen LogP contribution < -0.4 is 9.47 Å². The number of rotatable bonds is 7. The van der Waals surface area contributed by atoms with E-state index in [1.54, 1.807) is 26.2 Å². The number of carbonyl (C=O) groups excluding carboxylic acids is 1. The number of methoxy groups -OCH3 is 1. The van der Waals surface area contributed by atoms with Gasteiger partial charge in [-0.1, -0.05) is 22.0 Å². The maximum Gasteiger partial charge on any atom is 0.310 e. The Labute approximate surface area is 166 Å². The summed E-state index contributed by atoms with van der Waals surface area (Å²) in [4.78, 5) is 11.9. The summed E-state index contributed by atoms with van der Waals surface area (Å²) >= 11 is 3.50. The maximum absolute atomic E-state index is 11.9. The van der Waals surface area contributed by atoms with Crippen LogP contribution in [-0.4, -0.2) is 29.5 Å². The smallest absolute Gasteiger partial charge is 0.310 e. The van der Waals surface area contributed by atoms with Gasteiger partial charge in [-0.15, -0.1) is 0 Å². The van der Waals surface area contributed by atoms with Crippen LogP contribution in [0.4, 0.5) is 0 Å². The van der Waals surface area contributed by atoms with E-state index < -0.39 is 0 Å². The van der Waals surface area contributed by atoms with Crippen molar-refractivity contribution in [2.24, 2.45) is 7.05 Å². The van der Waals surface area contributed by atoms with Gasteiger partial charge in [0.15, 0.2) is 0 Å². The predicted molar refractivity (Wildman–Crippen MR) is 106 cm³/mol. The average Bonchev–Trinajstić information content (AvgIpc) is 2.95. The molecule has 0 amide bonds. The molecule has 0 saturated heterocycles. The van der Waals surface area contributed by atoms with E-state index in [-0.39, 0.29) is 12.4 Å². The minimum absolute atomic E-state index is 0.144. The lowest BCUT2D eigenvalue weighted by molar-refractivity contribution is -0.142. The highest BCUT2D eigenvalue weighted by Crippen LogP contribution is 2.28. The quantitative estimate of drug-likeness (QED) is 0.527. The maximum atomic E-state index is 11.9. The fraction of sp³-hybridized carbons (Fsp3) is 0.300. The Balaban J connectivity index is 1.87. The van der Waals surface area contributed by atoms with Crippen LogP contribution in [-0.2, 0) is 29.6 Å². The van der Waals surface area contributed by atoms with Crippen LogP contribution >= 0.6 is 15.9 Å². The SMILES string of the molecule is CCOC(=O)Cc1ccc(OC)cc1OCc1c2cc(Br)ccc2nn1C. The number of aryl methyl sites for hydroxylation is 1. The van der Waals surface area contributed by atoms with Gasteiger partial charge in [-0.3, -0.25) is 9.48 Å². The molecule has 0 unspecified atom stereocenters. The summed E-state index contributed by atoms with van der Waals surface area (Å²) in [7, 11) is 3.48. The Morgan fingerprint density at radius 2 is 2.04 bits per heavy atom. The molecule has 3 rings (SSSR count). The van der Waals surface area contributed by atoms with E-state index in [1.807, 2.05) is 36.0 Å². The largest absolute Gasteiger partial charge is 0.497 e. The second-order valence-corrected chi connectivity index (χ2v) is 6.89. The fourth-order valence-electron chi connectivity index (χ4n) is 2.85. The highest BCUT2D eigenvalue weighted by atomic mass is 79.9. The van der Waals surface area contributed by atoms with Gasteiger partial charge >= 0.3 is 5.97 Å². The number of nitrogens with zero attached hydrogens (tertiary/aromatic N) is 2. The molecular weight excluding hydrogens is 412 g/mol. The van der Waals surface area contributed by atoms with Crippen molar-refractivity contribution in [1.29, 1.82) is 0 Å². The first-order valence-corrected chi connectivity index (χ1v) is 9.37. The third kappa shape index (κ3) is 4.42. The van der Waals surface area contributed by atoms with Crippen LogP contribution in [0.2, 0.25) is 0 Å². The van der Waals surface area contributed by atoms with Gasteiger partial charge in [-0.05, 0) is 31.2 Å². The second kappa shape index (κ2) is 8.43. The molecule has 0 atom stereocenters. The van der Waals surface area contributed by atoms with Crippen molar-refractivity contribution in [3.8, 4) is 11.5 Å². The summed E-state index contributed by atoms with van der Waals surface area (Å²) in [6, 6.07) is 11.3. The first-order valence-electron chi connectivity index (χ1n) is 8.58. The van der Waals surface area contributed by atoms with Gasteiger partial charge in [0.1, 0.15) is 18.1 Å². The molecule has 0 aliphatic carbocycles. The molecule has 142 valence electrons. The average molecular weight is 433 g/mol. The van der Waals surface area contributed by atoms with E-state index in [4.69, 9.17) is 14.2 Å². The number of aromatic nitrogens is 2. The number of esters is 1. The van der Waals surface area contributed by atoms with Crippen molar-refractivity contribution < 1.29 is 19.0 Å². The van der Waals surface area contributed by atoms with Gasteiger partial charge in [-0.2, -0.15) is 5.10 Å². The number of benzene rings is 2. The molecule has 0 radical (unpaired) electrons. The normalized spacial score (nSPS) is 10.8. The molecule has 27 heavy (non-hydrogen) atoms. The van der Waals surface area contributed by atoms with Gasteiger partial charge in [0.05, 0.1) is 31.3 Å². The Bertz CT molecular complexity index is 968. The molecule has 0 aliphatic heterocycles. The molecule has 0 saturated carbocycles. The monoisotopic (exact) mass is 432 g/mol. The zero-order valence-corrected chi connectivity index (χ0v) is 17.1. The molecule has 0 aliphatic rings.